The normalized spacial score (nSPS) is 13.8. The molecule has 3 atom stereocenters. The van der Waals surface area contributed by atoms with Crippen LogP contribution < -0.4 is 0 Å². The van der Waals surface area contributed by atoms with Gasteiger partial charge >= 0.3 is 25.7 Å². The molecule has 0 amide bonds. The van der Waals surface area contributed by atoms with Gasteiger partial charge < -0.3 is 24.2 Å². The fourth-order valence-electron chi connectivity index (χ4n) is 7.88. The van der Waals surface area contributed by atoms with Crippen LogP contribution in [0.2, 0.25) is 0 Å². The van der Waals surface area contributed by atoms with E-state index in [1.165, 1.54) is 83.5 Å². The summed E-state index contributed by atoms with van der Waals surface area (Å²) in [5, 5.41) is 9.81. The van der Waals surface area contributed by atoms with Gasteiger partial charge in [0.1, 0.15) is 12.7 Å². The average Bonchev–Trinajstić information content (AvgIpc) is 3.37. The summed E-state index contributed by atoms with van der Waals surface area (Å²) in [6.07, 6.45) is 58.8. The molecule has 0 aliphatic carbocycles. The molecule has 0 aromatic carbocycles. The number of phosphoric ester groups is 1. The van der Waals surface area contributed by atoms with Crippen molar-refractivity contribution in [3.8, 4) is 0 Å². The third-order valence-corrected chi connectivity index (χ3v) is 13.3. The quantitative estimate of drug-likeness (QED) is 0.0197. The average molecular weight is 1040 g/mol. The smallest absolute Gasteiger partial charge is 0.462 e. The van der Waals surface area contributed by atoms with E-state index in [1.54, 1.807) is 0 Å². The van der Waals surface area contributed by atoms with Crippen LogP contribution in [-0.2, 0) is 42.2 Å². The van der Waals surface area contributed by atoms with Crippen molar-refractivity contribution < 1.29 is 52.2 Å². The maximum absolute atomic E-state index is 12.9. The Labute approximate surface area is 440 Å². The van der Waals surface area contributed by atoms with Crippen LogP contribution in [0.4, 0.5) is 0 Å². The van der Waals surface area contributed by atoms with Crippen LogP contribution in [0, 0.1) is 0 Å². The van der Waals surface area contributed by atoms with Crippen molar-refractivity contribution in [2.75, 3.05) is 26.4 Å². The van der Waals surface area contributed by atoms with Gasteiger partial charge in [-0.15, -0.1) is 0 Å². The zero-order chi connectivity index (χ0) is 52.7. The van der Waals surface area contributed by atoms with Gasteiger partial charge in [-0.3, -0.25) is 23.4 Å². The van der Waals surface area contributed by atoms with E-state index < -0.39 is 57.8 Å². The molecule has 0 fully saturated rings. The van der Waals surface area contributed by atoms with Crippen LogP contribution >= 0.6 is 7.82 Å². The lowest BCUT2D eigenvalue weighted by Crippen LogP contribution is -2.30. The SMILES string of the molecule is CCCCC/C=C\C/C=C\CCCCCCCCCC(=O)OC(COC(=O)CCCCCCC/C=C\CCCCCC)COP(=O)(O)OCC(CO)OC(=O)CCCCCCC/C=C\C/C=C\CCCCC. The molecule has 0 rings (SSSR count). The molecule has 0 saturated heterocycles. The van der Waals surface area contributed by atoms with Crippen molar-refractivity contribution in [1.29, 1.82) is 0 Å². The molecule has 0 saturated carbocycles. The van der Waals surface area contributed by atoms with Crippen LogP contribution in [0.25, 0.3) is 0 Å². The van der Waals surface area contributed by atoms with E-state index in [1.807, 2.05) is 0 Å². The molecule has 0 aromatic heterocycles. The number of aliphatic hydroxyl groups excluding tert-OH is 1. The topological polar surface area (TPSA) is 155 Å². The number of ether oxygens (including phenoxy) is 3. The van der Waals surface area contributed by atoms with Crippen molar-refractivity contribution in [2.24, 2.45) is 0 Å². The van der Waals surface area contributed by atoms with Gasteiger partial charge in [0.2, 0.25) is 0 Å². The minimum absolute atomic E-state index is 0.156. The van der Waals surface area contributed by atoms with Crippen molar-refractivity contribution in [3.63, 3.8) is 0 Å². The van der Waals surface area contributed by atoms with Crippen LogP contribution in [0.5, 0.6) is 0 Å². The Bertz CT molecular complexity index is 1440. The fraction of sp³-hybridized carbons (Fsp3) is 0.783. The second-order valence-corrected chi connectivity index (χ2v) is 20.9. The first kappa shape index (κ1) is 69.2. The largest absolute Gasteiger partial charge is 0.472 e. The second-order valence-electron chi connectivity index (χ2n) is 19.4. The Morgan fingerprint density at radius 3 is 1.07 bits per heavy atom. The number of phosphoric acid groups is 1. The molecule has 0 bridgehead atoms. The van der Waals surface area contributed by atoms with Gasteiger partial charge in [-0.05, 0) is 109 Å². The van der Waals surface area contributed by atoms with Gasteiger partial charge in [0.05, 0.1) is 19.8 Å². The molecule has 12 heteroatoms. The summed E-state index contributed by atoms with van der Waals surface area (Å²) in [4.78, 5) is 48.5. The Kier molecular flexibility index (Phi) is 52.3. The molecule has 3 unspecified atom stereocenters. The van der Waals surface area contributed by atoms with Gasteiger partial charge in [0.25, 0.3) is 0 Å². The van der Waals surface area contributed by atoms with E-state index in [0.29, 0.717) is 19.3 Å². The van der Waals surface area contributed by atoms with Crippen molar-refractivity contribution in [2.45, 2.75) is 277 Å². The fourth-order valence-corrected chi connectivity index (χ4v) is 8.67. The van der Waals surface area contributed by atoms with Gasteiger partial charge in [0, 0.05) is 19.3 Å². The molecule has 11 nitrogen and oxygen atoms in total. The number of hydrogen-bond acceptors (Lipinski definition) is 10. The van der Waals surface area contributed by atoms with Crippen molar-refractivity contribution in [3.05, 3.63) is 60.8 Å². The summed E-state index contributed by atoms with van der Waals surface area (Å²) >= 11 is 0. The van der Waals surface area contributed by atoms with E-state index in [9.17, 15) is 28.9 Å². The molecule has 2 N–H and O–H groups in total. The minimum atomic E-state index is -4.75. The van der Waals surface area contributed by atoms with E-state index in [-0.39, 0.29) is 25.9 Å². The number of unbranched alkanes of at least 4 members (excludes halogenated alkanes) is 27. The van der Waals surface area contributed by atoms with E-state index in [4.69, 9.17) is 23.3 Å². The Morgan fingerprint density at radius 2 is 0.681 bits per heavy atom. The number of carbonyl (C=O) groups excluding carboxylic acids is 3. The summed E-state index contributed by atoms with van der Waals surface area (Å²) in [7, 11) is -4.75. The lowest BCUT2D eigenvalue weighted by Gasteiger charge is -2.21. The van der Waals surface area contributed by atoms with Gasteiger partial charge in [0.15, 0.2) is 6.10 Å². The summed E-state index contributed by atoms with van der Waals surface area (Å²) in [6, 6.07) is 0. The van der Waals surface area contributed by atoms with Gasteiger partial charge in [-0.1, -0.05) is 197 Å². The zero-order valence-corrected chi connectivity index (χ0v) is 47.0. The summed E-state index contributed by atoms with van der Waals surface area (Å²) in [6.45, 7) is 4.56. The number of rotatable bonds is 54. The summed E-state index contributed by atoms with van der Waals surface area (Å²) in [5.74, 6) is -1.49. The standard InChI is InChI=1S/C60H107O11P/c1-4-7-10-13-16-19-22-25-27-28-30-33-36-39-42-45-48-51-60(64)71-57(53-67-58(62)49-46-43-40-37-34-31-24-21-18-15-12-9-6-3)55-69-72(65,66)68-54-56(52-61)70-59(63)50-47-44-41-38-35-32-29-26-23-20-17-14-11-8-5-2/h16-17,19-21,24-27,29,56-57,61H,4-15,18,22-23,28,30-55H2,1-3H3,(H,65,66)/b19-16-,20-17-,24-21-,27-25-,29-26-. The molecule has 418 valence electrons. The number of aliphatic hydroxyl groups is 1. The van der Waals surface area contributed by atoms with E-state index in [2.05, 4.69) is 81.5 Å². The molecular formula is C60H107O11P. The molecule has 0 radical (unpaired) electrons. The maximum atomic E-state index is 12.9. The highest BCUT2D eigenvalue weighted by Crippen LogP contribution is 2.43. The zero-order valence-electron chi connectivity index (χ0n) is 46.1. The van der Waals surface area contributed by atoms with Crippen LogP contribution in [0.3, 0.4) is 0 Å². The van der Waals surface area contributed by atoms with Gasteiger partial charge in [-0.2, -0.15) is 0 Å². The predicted molar refractivity (Wildman–Crippen MR) is 298 cm³/mol. The first-order chi connectivity index (χ1) is 35.2. The summed E-state index contributed by atoms with van der Waals surface area (Å²) in [5.41, 5.74) is 0. The molecule has 0 aliphatic rings. The van der Waals surface area contributed by atoms with E-state index in [0.717, 1.165) is 122 Å². The molecule has 0 aromatic rings. The van der Waals surface area contributed by atoms with Crippen molar-refractivity contribution in [1.82, 2.24) is 0 Å². The van der Waals surface area contributed by atoms with E-state index >= 15 is 0 Å². The Morgan fingerprint density at radius 1 is 0.389 bits per heavy atom. The van der Waals surface area contributed by atoms with Crippen LogP contribution in [0.15, 0.2) is 60.8 Å². The summed E-state index contributed by atoms with van der Waals surface area (Å²) < 4.78 is 39.5. The monoisotopic (exact) mass is 1030 g/mol. The first-order valence-electron chi connectivity index (χ1n) is 29.2. The molecule has 0 heterocycles. The third kappa shape index (κ3) is 52.1. The highest BCUT2D eigenvalue weighted by molar-refractivity contribution is 7.47. The maximum Gasteiger partial charge on any atom is 0.472 e. The van der Waals surface area contributed by atoms with Crippen LogP contribution in [0.1, 0.15) is 265 Å². The van der Waals surface area contributed by atoms with Crippen molar-refractivity contribution >= 4 is 25.7 Å². The Hall–Kier alpha value is -2.82. The third-order valence-electron chi connectivity index (χ3n) is 12.4. The minimum Gasteiger partial charge on any atom is -0.462 e. The molecule has 0 spiro atoms. The number of carbonyl (C=O) groups is 3. The number of esters is 3. The lowest BCUT2D eigenvalue weighted by atomic mass is 10.1. The lowest BCUT2D eigenvalue weighted by molar-refractivity contribution is -0.161. The Balaban J connectivity index is 4.74. The first-order valence-corrected chi connectivity index (χ1v) is 30.7. The van der Waals surface area contributed by atoms with Gasteiger partial charge in [-0.25, -0.2) is 4.57 Å². The van der Waals surface area contributed by atoms with Crippen LogP contribution in [-0.4, -0.2) is 66.5 Å². The molecule has 72 heavy (non-hydrogen) atoms. The molecular weight excluding hydrogens is 928 g/mol. The predicted octanol–water partition coefficient (Wildman–Crippen LogP) is 17.1. The second kappa shape index (κ2) is 54.4. The highest BCUT2D eigenvalue weighted by atomic mass is 31.2. The molecule has 0 aliphatic heterocycles. The highest BCUT2D eigenvalue weighted by Gasteiger charge is 2.28. The number of hydrogen-bond donors (Lipinski definition) is 2. The number of allylic oxidation sites excluding steroid dienone is 10.